The van der Waals surface area contributed by atoms with Gasteiger partial charge in [-0.2, -0.15) is 5.01 Å². The van der Waals surface area contributed by atoms with Crippen molar-refractivity contribution in [2.45, 2.75) is 13.8 Å². The van der Waals surface area contributed by atoms with Crippen LogP contribution in [-0.2, 0) is 9.59 Å². The quantitative estimate of drug-likeness (QED) is 0.458. The maximum absolute atomic E-state index is 12.4. The lowest BCUT2D eigenvalue weighted by atomic mass is 10.0. The molecule has 4 aromatic rings. The molecule has 5 rings (SSSR count). The van der Waals surface area contributed by atoms with Crippen LogP contribution in [0.2, 0.25) is 0 Å². The maximum atomic E-state index is 12.4. The molecule has 30 heavy (non-hydrogen) atoms. The number of hydrazine groups is 1. The Bertz CT molecular complexity index is 1320. The number of thiophene rings is 2. The van der Waals surface area contributed by atoms with Gasteiger partial charge in [-0.05, 0) is 30.9 Å². The van der Waals surface area contributed by atoms with Gasteiger partial charge in [-0.3, -0.25) is 15.0 Å². The normalized spacial score (nSPS) is 13.9. The molecule has 4 heterocycles. The molecule has 0 saturated heterocycles. The second-order valence-electron chi connectivity index (χ2n) is 6.99. The number of fused-ring (bicyclic) bond motifs is 1. The van der Waals surface area contributed by atoms with Crippen LogP contribution in [0, 0.1) is 6.92 Å². The Labute approximate surface area is 180 Å². The molecular weight excluding hydrogens is 416 g/mol. The Balaban J connectivity index is 1.69. The molecule has 0 aliphatic carbocycles. The van der Waals surface area contributed by atoms with E-state index in [2.05, 4.69) is 5.43 Å². The van der Waals surface area contributed by atoms with Crippen molar-refractivity contribution in [1.82, 2.24) is 15.0 Å². The number of rotatable bonds is 4. The van der Waals surface area contributed by atoms with Crippen LogP contribution < -0.4 is 5.43 Å². The average Bonchev–Trinajstić information content (AvgIpc) is 3.46. The monoisotopic (exact) mass is 432 g/mol. The number of anilines is 1. The van der Waals surface area contributed by atoms with E-state index in [0.717, 1.165) is 31.2 Å². The van der Waals surface area contributed by atoms with Gasteiger partial charge in [0.05, 0.1) is 10.3 Å². The standard InChI is InChI=1S/C22H16N4O2S2/c1-12-5-7-14(8-6-12)15-11-30-21-18(15)20(23-19(24-21)16-4-3-9-29-16)25-26-17(27)10-13(2)22(26)28/h3-11H,1-2H3,(H,23,24,25). The third-order valence-corrected chi connectivity index (χ3v) is 6.59. The lowest BCUT2D eigenvalue weighted by Crippen LogP contribution is -2.36. The lowest BCUT2D eigenvalue weighted by molar-refractivity contribution is -0.135. The molecule has 1 N–H and O–H groups in total. The number of hydrogen-bond acceptors (Lipinski definition) is 7. The van der Waals surface area contributed by atoms with E-state index in [4.69, 9.17) is 9.97 Å². The summed E-state index contributed by atoms with van der Waals surface area (Å²) < 4.78 is 0. The fourth-order valence-corrected chi connectivity index (χ4v) is 4.89. The molecule has 2 amide bonds. The summed E-state index contributed by atoms with van der Waals surface area (Å²) in [5.74, 6) is 0.205. The van der Waals surface area contributed by atoms with Gasteiger partial charge >= 0.3 is 0 Å². The van der Waals surface area contributed by atoms with Crippen molar-refractivity contribution >= 4 is 50.5 Å². The summed E-state index contributed by atoms with van der Waals surface area (Å²) in [5.41, 5.74) is 6.51. The van der Waals surface area contributed by atoms with Crippen molar-refractivity contribution in [1.29, 1.82) is 0 Å². The minimum Gasteiger partial charge on any atom is -0.271 e. The average molecular weight is 433 g/mol. The molecular formula is C22H16N4O2S2. The summed E-state index contributed by atoms with van der Waals surface area (Å²) in [5, 5.41) is 5.79. The number of hydrogen-bond donors (Lipinski definition) is 1. The van der Waals surface area contributed by atoms with Crippen molar-refractivity contribution in [2.24, 2.45) is 0 Å². The molecule has 0 bridgehead atoms. The second kappa shape index (κ2) is 7.16. The van der Waals surface area contributed by atoms with Crippen LogP contribution in [0.15, 0.2) is 58.8 Å². The van der Waals surface area contributed by atoms with Gasteiger partial charge < -0.3 is 0 Å². The number of nitrogens with one attached hydrogen (secondary N) is 1. The van der Waals surface area contributed by atoms with Crippen molar-refractivity contribution in [3.8, 4) is 21.8 Å². The van der Waals surface area contributed by atoms with E-state index in [9.17, 15) is 9.59 Å². The van der Waals surface area contributed by atoms with Gasteiger partial charge in [-0.1, -0.05) is 35.9 Å². The van der Waals surface area contributed by atoms with Crippen molar-refractivity contribution in [3.05, 3.63) is 64.4 Å². The van der Waals surface area contributed by atoms with Gasteiger partial charge in [-0.15, -0.1) is 22.7 Å². The molecule has 8 heteroatoms. The van der Waals surface area contributed by atoms with Gasteiger partial charge in [0.1, 0.15) is 4.83 Å². The molecule has 0 spiro atoms. The smallest absolute Gasteiger partial charge is 0.271 e. The highest BCUT2D eigenvalue weighted by atomic mass is 32.1. The van der Waals surface area contributed by atoms with Crippen LogP contribution in [0.3, 0.4) is 0 Å². The van der Waals surface area contributed by atoms with Crippen molar-refractivity contribution in [3.63, 3.8) is 0 Å². The SMILES string of the molecule is CC1=CC(=O)N(Nc2nc(-c3cccs3)nc3scc(-c4ccc(C)cc4)c23)C1=O. The molecule has 148 valence electrons. The second-order valence-corrected chi connectivity index (χ2v) is 8.79. The van der Waals surface area contributed by atoms with E-state index in [1.807, 2.05) is 54.1 Å². The first kappa shape index (κ1) is 18.7. The third-order valence-electron chi connectivity index (χ3n) is 4.86. The van der Waals surface area contributed by atoms with Gasteiger partial charge in [0.15, 0.2) is 11.6 Å². The van der Waals surface area contributed by atoms with Gasteiger partial charge in [0.2, 0.25) is 0 Å². The number of nitrogens with zero attached hydrogens (tertiary/aromatic N) is 3. The number of carbonyl (C=O) groups excluding carboxylic acids is 2. The predicted molar refractivity (Wildman–Crippen MR) is 120 cm³/mol. The van der Waals surface area contributed by atoms with Crippen molar-refractivity contribution in [2.75, 3.05) is 5.43 Å². The van der Waals surface area contributed by atoms with E-state index in [-0.39, 0.29) is 5.91 Å². The highest BCUT2D eigenvalue weighted by Crippen LogP contribution is 2.39. The molecule has 1 aliphatic heterocycles. The first-order valence-corrected chi connectivity index (χ1v) is 11.0. The summed E-state index contributed by atoms with van der Waals surface area (Å²) in [6, 6.07) is 12.1. The molecule has 1 aliphatic rings. The summed E-state index contributed by atoms with van der Waals surface area (Å²) >= 11 is 3.05. The van der Waals surface area contributed by atoms with Gasteiger partial charge in [0.25, 0.3) is 11.8 Å². The van der Waals surface area contributed by atoms with E-state index in [0.29, 0.717) is 17.2 Å². The Hall–Kier alpha value is -3.36. The van der Waals surface area contributed by atoms with Crippen LogP contribution in [-0.4, -0.2) is 26.8 Å². The molecule has 0 unspecified atom stereocenters. The zero-order valence-electron chi connectivity index (χ0n) is 16.2. The van der Waals surface area contributed by atoms with Crippen LogP contribution in [0.4, 0.5) is 5.82 Å². The number of amides is 2. The predicted octanol–water partition coefficient (Wildman–Crippen LogP) is 5.04. The Morgan fingerprint density at radius 3 is 2.47 bits per heavy atom. The van der Waals surface area contributed by atoms with Crippen molar-refractivity contribution < 1.29 is 9.59 Å². The van der Waals surface area contributed by atoms with Crippen LogP contribution in [0.1, 0.15) is 12.5 Å². The number of aromatic nitrogens is 2. The van der Waals surface area contributed by atoms with E-state index in [1.54, 1.807) is 6.92 Å². The fourth-order valence-electron chi connectivity index (χ4n) is 3.28. The number of imide groups is 1. The minimum absolute atomic E-state index is 0.378. The molecule has 3 aromatic heterocycles. The van der Waals surface area contributed by atoms with Gasteiger partial charge in [-0.25, -0.2) is 9.97 Å². The van der Waals surface area contributed by atoms with Crippen LogP contribution in [0.5, 0.6) is 0 Å². The summed E-state index contributed by atoms with van der Waals surface area (Å²) in [4.78, 5) is 35.9. The molecule has 0 radical (unpaired) electrons. The lowest BCUT2D eigenvalue weighted by Gasteiger charge is -2.18. The van der Waals surface area contributed by atoms with E-state index < -0.39 is 5.91 Å². The largest absolute Gasteiger partial charge is 0.275 e. The van der Waals surface area contributed by atoms with Gasteiger partial charge in [0, 0.05) is 22.6 Å². The summed E-state index contributed by atoms with van der Waals surface area (Å²) in [7, 11) is 0. The van der Waals surface area contributed by atoms with E-state index in [1.165, 1.54) is 34.3 Å². The zero-order chi connectivity index (χ0) is 20.8. The topological polar surface area (TPSA) is 75.2 Å². The molecule has 0 fully saturated rings. The van der Waals surface area contributed by atoms with Crippen LogP contribution >= 0.6 is 22.7 Å². The third kappa shape index (κ3) is 3.10. The highest BCUT2D eigenvalue weighted by Gasteiger charge is 2.30. The Kier molecular flexibility index (Phi) is 4.45. The Morgan fingerprint density at radius 2 is 1.80 bits per heavy atom. The molecule has 1 aromatic carbocycles. The molecule has 0 atom stereocenters. The Morgan fingerprint density at radius 1 is 1.00 bits per heavy atom. The number of carbonyl (C=O) groups is 2. The summed E-state index contributed by atoms with van der Waals surface area (Å²) in [6.45, 7) is 3.66. The molecule has 0 saturated carbocycles. The molecule has 6 nitrogen and oxygen atoms in total. The summed E-state index contributed by atoms with van der Waals surface area (Å²) in [6.07, 6.45) is 1.32. The first-order chi connectivity index (χ1) is 14.5. The first-order valence-electron chi connectivity index (χ1n) is 9.25. The highest BCUT2D eigenvalue weighted by molar-refractivity contribution is 7.17. The number of aryl methyl sites for hydroxylation is 1. The van der Waals surface area contributed by atoms with Crippen LogP contribution in [0.25, 0.3) is 32.0 Å². The maximum Gasteiger partial charge on any atom is 0.275 e. The minimum atomic E-state index is -0.408. The fraction of sp³-hybridized carbons (Fsp3) is 0.0909. The zero-order valence-corrected chi connectivity index (χ0v) is 17.8. The van der Waals surface area contributed by atoms with E-state index >= 15 is 0 Å². The number of benzene rings is 1.